The number of anilines is 1. The number of amidine groups is 1. The largest absolute Gasteiger partial charge is 0.371 e. The lowest BCUT2D eigenvalue weighted by molar-refractivity contribution is 0.0566. The number of thioether (sulfide) groups is 1. The molecule has 2 amide bonds. The van der Waals surface area contributed by atoms with E-state index in [9.17, 15) is 9.59 Å². The molecule has 2 saturated heterocycles. The normalized spacial score (nSPS) is 20.2. The van der Waals surface area contributed by atoms with Crippen molar-refractivity contribution in [3.63, 3.8) is 0 Å². The number of rotatable bonds is 3. The van der Waals surface area contributed by atoms with Crippen LogP contribution in [0.15, 0.2) is 35.3 Å². The lowest BCUT2D eigenvalue weighted by Gasteiger charge is -2.37. The van der Waals surface area contributed by atoms with Gasteiger partial charge in [-0.25, -0.2) is 0 Å². The van der Waals surface area contributed by atoms with Crippen LogP contribution >= 0.6 is 11.8 Å². The van der Waals surface area contributed by atoms with E-state index in [1.807, 2.05) is 31.5 Å². The van der Waals surface area contributed by atoms with Crippen molar-refractivity contribution in [3.8, 4) is 0 Å². The van der Waals surface area contributed by atoms with Crippen LogP contribution in [0.5, 0.6) is 0 Å². The molecule has 0 spiro atoms. The molecule has 0 unspecified atom stereocenters. The van der Waals surface area contributed by atoms with E-state index >= 15 is 0 Å². The number of amides is 2. The van der Waals surface area contributed by atoms with Crippen LogP contribution < -0.4 is 4.90 Å². The van der Waals surface area contributed by atoms with Crippen molar-refractivity contribution in [3.05, 3.63) is 41.5 Å². The molecule has 0 radical (unpaired) electrons. The predicted octanol–water partition coefficient (Wildman–Crippen LogP) is 4.49. The van der Waals surface area contributed by atoms with Crippen molar-refractivity contribution in [1.82, 2.24) is 9.80 Å². The maximum absolute atomic E-state index is 13.5. The standard InChI is InChI=1S/C26H32N4O2S/c1-27-26(33-2)29-15-11-18(12-16-29)17-30-24(31)20-8-6-7-19-22(28-13-4-3-5-14-28)10-9-21(23(19)20)25(30)32/h6-10,18H,3-5,11-17H2,1-2H3. The molecule has 174 valence electrons. The molecule has 5 rings (SSSR count). The second-order valence-corrected chi connectivity index (χ2v) is 10.0. The van der Waals surface area contributed by atoms with Crippen molar-refractivity contribution in [2.75, 3.05) is 50.9 Å². The molecule has 3 heterocycles. The van der Waals surface area contributed by atoms with Crippen LogP contribution in [-0.2, 0) is 0 Å². The molecule has 3 aliphatic rings. The predicted molar refractivity (Wildman–Crippen MR) is 137 cm³/mol. The van der Waals surface area contributed by atoms with Gasteiger partial charge in [-0.3, -0.25) is 19.5 Å². The SMILES string of the molecule is CN=C(SC)N1CCC(CN2C(=O)c3cccc4c(N5CCCCC5)ccc(c34)C2=O)CC1. The van der Waals surface area contributed by atoms with Gasteiger partial charge in [0.2, 0.25) is 0 Å². The Morgan fingerprint density at radius 2 is 1.67 bits per heavy atom. The fourth-order valence-electron chi connectivity index (χ4n) is 5.63. The average molecular weight is 465 g/mol. The molecule has 2 aromatic rings. The summed E-state index contributed by atoms with van der Waals surface area (Å²) in [4.78, 5) is 37.6. The average Bonchev–Trinajstić information content (AvgIpc) is 2.87. The summed E-state index contributed by atoms with van der Waals surface area (Å²) in [5, 5.41) is 2.93. The highest BCUT2D eigenvalue weighted by molar-refractivity contribution is 8.13. The van der Waals surface area contributed by atoms with Gasteiger partial charge in [-0.15, -0.1) is 0 Å². The van der Waals surface area contributed by atoms with Crippen LogP contribution in [0.1, 0.15) is 52.8 Å². The Bertz CT molecular complexity index is 1080. The lowest BCUT2D eigenvalue weighted by atomic mass is 9.90. The van der Waals surface area contributed by atoms with Gasteiger partial charge in [-0.2, -0.15) is 0 Å². The summed E-state index contributed by atoms with van der Waals surface area (Å²) in [5.74, 6) is 0.0370. The van der Waals surface area contributed by atoms with Crippen LogP contribution in [0.2, 0.25) is 0 Å². The molecule has 0 N–H and O–H groups in total. The van der Waals surface area contributed by atoms with Crippen LogP contribution in [0.4, 0.5) is 5.69 Å². The van der Waals surface area contributed by atoms with Gasteiger partial charge >= 0.3 is 0 Å². The van der Waals surface area contributed by atoms with Crippen LogP contribution in [0, 0.1) is 5.92 Å². The van der Waals surface area contributed by atoms with Crippen molar-refractivity contribution < 1.29 is 9.59 Å². The number of nitrogens with zero attached hydrogens (tertiary/aromatic N) is 4. The molecular weight excluding hydrogens is 432 g/mol. The van der Waals surface area contributed by atoms with Gasteiger partial charge in [0.05, 0.1) is 0 Å². The molecular formula is C26H32N4O2S. The lowest BCUT2D eigenvalue weighted by Crippen LogP contribution is -2.46. The van der Waals surface area contributed by atoms with Crippen LogP contribution in [0.3, 0.4) is 0 Å². The topological polar surface area (TPSA) is 56.2 Å². The zero-order valence-corrected chi connectivity index (χ0v) is 20.4. The minimum absolute atomic E-state index is 0.142. The Morgan fingerprint density at radius 1 is 0.970 bits per heavy atom. The molecule has 2 aromatic carbocycles. The number of imide groups is 1. The van der Waals surface area contributed by atoms with E-state index in [-0.39, 0.29) is 11.8 Å². The summed E-state index contributed by atoms with van der Waals surface area (Å²) >= 11 is 1.67. The fourth-order valence-corrected chi connectivity index (χ4v) is 6.26. The molecule has 0 bridgehead atoms. The van der Waals surface area contributed by atoms with Gasteiger partial charge in [0.1, 0.15) is 0 Å². The highest BCUT2D eigenvalue weighted by Crippen LogP contribution is 2.37. The summed E-state index contributed by atoms with van der Waals surface area (Å²) < 4.78 is 0. The number of hydrogen-bond acceptors (Lipinski definition) is 5. The highest BCUT2D eigenvalue weighted by Gasteiger charge is 2.36. The van der Waals surface area contributed by atoms with Gasteiger partial charge in [0.25, 0.3) is 11.8 Å². The van der Waals surface area contributed by atoms with Crippen molar-refractivity contribution >= 4 is 45.2 Å². The number of aliphatic imine (C=N–C) groups is 1. The first-order valence-corrected chi connectivity index (χ1v) is 13.3. The molecule has 0 atom stereocenters. The number of carbonyl (C=O) groups excluding carboxylic acids is 2. The second-order valence-electron chi connectivity index (χ2n) is 9.27. The fraction of sp³-hybridized carbons (Fsp3) is 0.500. The van der Waals surface area contributed by atoms with Gasteiger partial charge < -0.3 is 9.80 Å². The van der Waals surface area contributed by atoms with E-state index in [2.05, 4.69) is 26.9 Å². The van der Waals surface area contributed by atoms with Gasteiger partial charge in [0, 0.05) is 67.4 Å². The number of hydrogen-bond donors (Lipinski definition) is 0. The number of carbonyl (C=O) groups is 2. The summed E-state index contributed by atoms with van der Waals surface area (Å²) in [6.45, 7) is 4.39. The van der Waals surface area contributed by atoms with Crippen LogP contribution in [0.25, 0.3) is 10.8 Å². The van der Waals surface area contributed by atoms with E-state index in [0.717, 1.165) is 60.6 Å². The van der Waals surface area contributed by atoms with Gasteiger partial charge in [-0.05, 0) is 62.5 Å². The molecule has 3 aliphatic heterocycles. The summed E-state index contributed by atoms with van der Waals surface area (Å²) in [6, 6.07) is 9.95. The Kier molecular flexibility index (Phi) is 6.32. The van der Waals surface area contributed by atoms with Gasteiger partial charge in [0.15, 0.2) is 5.17 Å². The van der Waals surface area contributed by atoms with E-state index in [1.165, 1.54) is 24.2 Å². The summed E-state index contributed by atoms with van der Waals surface area (Å²) in [5.41, 5.74) is 2.49. The van der Waals surface area contributed by atoms with E-state index in [4.69, 9.17) is 0 Å². The summed E-state index contributed by atoms with van der Waals surface area (Å²) in [7, 11) is 1.83. The van der Waals surface area contributed by atoms with Gasteiger partial charge in [-0.1, -0.05) is 23.9 Å². The maximum Gasteiger partial charge on any atom is 0.261 e. The molecule has 0 saturated carbocycles. The number of piperidine rings is 2. The Labute approximate surface area is 200 Å². The highest BCUT2D eigenvalue weighted by atomic mass is 32.2. The third-order valence-electron chi connectivity index (χ3n) is 7.37. The zero-order chi connectivity index (χ0) is 22.9. The van der Waals surface area contributed by atoms with Crippen molar-refractivity contribution in [2.45, 2.75) is 32.1 Å². The van der Waals surface area contributed by atoms with Crippen LogP contribution in [-0.4, -0.2) is 72.8 Å². The van der Waals surface area contributed by atoms with E-state index < -0.39 is 0 Å². The molecule has 0 aromatic heterocycles. The summed E-state index contributed by atoms with van der Waals surface area (Å²) in [6.07, 6.45) is 7.62. The van der Waals surface area contributed by atoms with E-state index in [0.29, 0.717) is 23.6 Å². The monoisotopic (exact) mass is 464 g/mol. The first-order valence-electron chi connectivity index (χ1n) is 12.0. The van der Waals surface area contributed by atoms with Crippen molar-refractivity contribution in [1.29, 1.82) is 0 Å². The number of benzene rings is 2. The second kappa shape index (κ2) is 9.37. The zero-order valence-electron chi connectivity index (χ0n) is 19.5. The molecule has 0 aliphatic carbocycles. The first-order chi connectivity index (χ1) is 16.1. The first kappa shape index (κ1) is 22.3. The molecule has 7 heteroatoms. The maximum atomic E-state index is 13.5. The third-order valence-corrected chi connectivity index (χ3v) is 8.17. The van der Waals surface area contributed by atoms with E-state index in [1.54, 1.807) is 11.8 Å². The number of likely N-dealkylation sites (tertiary alicyclic amines) is 1. The Hall–Kier alpha value is -2.54. The molecule has 6 nitrogen and oxygen atoms in total. The molecule has 2 fully saturated rings. The molecule has 33 heavy (non-hydrogen) atoms. The Morgan fingerprint density at radius 3 is 2.33 bits per heavy atom. The Balaban J connectivity index is 1.39. The smallest absolute Gasteiger partial charge is 0.261 e. The minimum atomic E-state index is -0.142. The van der Waals surface area contributed by atoms with Crippen molar-refractivity contribution in [2.24, 2.45) is 10.9 Å². The minimum Gasteiger partial charge on any atom is -0.371 e. The quantitative estimate of drug-likeness (QED) is 0.381. The third kappa shape index (κ3) is 4.01.